The van der Waals surface area contributed by atoms with E-state index in [1.165, 1.54) is 0 Å². The lowest BCUT2D eigenvalue weighted by molar-refractivity contribution is -0.110. The van der Waals surface area contributed by atoms with Crippen LogP contribution in [-0.2, 0) is 0 Å². The van der Waals surface area contributed by atoms with Gasteiger partial charge in [0, 0.05) is 5.56 Å². The fourth-order valence-corrected chi connectivity index (χ4v) is 2.33. The smallest absolute Gasteiger partial charge is 0.254 e. The van der Waals surface area contributed by atoms with Gasteiger partial charge in [-0.05, 0) is 36.6 Å². The molecule has 21 heavy (non-hydrogen) atoms. The molecular formula is C17H25NO3. The van der Waals surface area contributed by atoms with Crippen LogP contribution in [0.25, 0.3) is 0 Å². The fourth-order valence-electron chi connectivity index (χ4n) is 2.33. The third kappa shape index (κ3) is 3.56. The molecule has 0 aromatic heterocycles. The van der Waals surface area contributed by atoms with Crippen LogP contribution in [0.15, 0.2) is 24.3 Å². The molecule has 0 unspecified atom stereocenters. The first-order valence-electron chi connectivity index (χ1n) is 7.71. The van der Waals surface area contributed by atoms with Gasteiger partial charge in [0.05, 0.1) is 19.7 Å². The van der Waals surface area contributed by atoms with Crippen LogP contribution in [0.5, 0.6) is 5.75 Å². The summed E-state index contributed by atoms with van der Waals surface area (Å²) in [6.07, 6.45) is 2.13. The lowest BCUT2D eigenvalue weighted by Crippen LogP contribution is -2.65. The van der Waals surface area contributed by atoms with Crippen LogP contribution in [0.3, 0.4) is 0 Å². The molecule has 0 bridgehead atoms. The number of amides is 1. The van der Waals surface area contributed by atoms with Crippen molar-refractivity contribution < 1.29 is 14.6 Å². The van der Waals surface area contributed by atoms with Gasteiger partial charge in [-0.1, -0.05) is 27.2 Å². The number of rotatable bonds is 6. The molecular weight excluding hydrogens is 266 g/mol. The summed E-state index contributed by atoms with van der Waals surface area (Å²) in [4.78, 5) is 14.0. The molecule has 1 heterocycles. The maximum Gasteiger partial charge on any atom is 0.254 e. The Labute approximate surface area is 126 Å². The lowest BCUT2D eigenvalue weighted by atomic mass is 9.82. The van der Waals surface area contributed by atoms with Crippen molar-refractivity contribution in [3.05, 3.63) is 29.8 Å². The van der Waals surface area contributed by atoms with Gasteiger partial charge in [-0.15, -0.1) is 0 Å². The van der Waals surface area contributed by atoms with Crippen molar-refractivity contribution >= 4 is 5.91 Å². The molecule has 1 aromatic rings. The molecule has 0 aliphatic carbocycles. The second kappa shape index (κ2) is 6.48. The van der Waals surface area contributed by atoms with E-state index in [1.807, 2.05) is 26.0 Å². The number of nitrogens with zero attached hydrogens (tertiary/aromatic N) is 1. The number of unbranched alkanes of at least 4 members (excludes halogenated alkanes) is 1. The van der Waals surface area contributed by atoms with Crippen LogP contribution >= 0.6 is 0 Å². The monoisotopic (exact) mass is 291 g/mol. The quantitative estimate of drug-likeness (QED) is 0.820. The van der Waals surface area contributed by atoms with Crippen molar-refractivity contribution in [3.63, 3.8) is 0 Å². The predicted octanol–water partition coefficient (Wildman–Crippen LogP) is 2.71. The van der Waals surface area contributed by atoms with Crippen molar-refractivity contribution in [3.8, 4) is 5.75 Å². The van der Waals surface area contributed by atoms with E-state index in [4.69, 9.17) is 4.74 Å². The molecule has 0 radical (unpaired) electrons. The second-order valence-corrected chi connectivity index (χ2v) is 6.15. The number of ether oxygens (including phenoxy) is 1. The van der Waals surface area contributed by atoms with Crippen LogP contribution in [0.4, 0.5) is 0 Å². The largest absolute Gasteiger partial charge is 0.494 e. The van der Waals surface area contributed by atoms with Gasteiger partial charge in [-0.2, -0.15) is 0 Å². The summed E-state index contributed by atoms with van der Waals surface area (Å²) >= 11 is 0. The van der Waals surface area contributed by atoms with Crippen molar-refractivity contribution in [2.24, 2.45) is 5.92 Å². The zero-order valence-electron chi connectivity index (χ0n) is 13.1. The molecule has 4 heteroatoms. The van der Waals surface area contributed by atoms with E-state index in [0.717, 1.165) is 18.6 Å². The highest BCUT2D eigenvalue weighted by molar-refractivity contribution is 5.95. The molecule has 0 spiro atoms. The molecule has 1 aliphatic rings. The second-order valence-electron chi connectivity index (χ2n) is 6.15. The van der Waals surface area contributed by atoms with E-state index < -0.39 is 5.60 Å². The minimum absolute atomic E-state index is 0.0274. The summed E-state index contributed by atoms with van der Waals surface area (Å²) in [7, 11) is 0. The minimum atomic E-state index is -0.723. The van der Waals surface area contributed by atoms with E-state index in [9.17, 15) is 9.90 Å². The lowest BCUT2D eigenvalue weighted by Gasteiger charge is -2.49. The Bertz CT molecular complexity index is 475. The highest BCUT2D eigenvalue weighted by Gasteiger charge is 2.45. The van der Waals surface area contributed by atoms with Crippen molar-refractivity contribution in [2.45, 2.75) is 39.2 Å². The Hall–Kier alpha value is -1.55. The first-order chi connectivity index (χ1) is 9.96. The van der Waals surface area contributed by atoms with Crippen LogP contribution in [0.1, 0.15) is 44.0 Å². The number of carbonyl (C=O) groups is 1. The van der Waals surface area contributed by atoms with Crippen molar-refractivity contribution in [1.82, 2.24) is 4.90 Å². The Morgan fingerprint density at radius 3 is 2.48 bits per heavy atom. The predicted molar refractivity (Wildman–Crippen MR) is 82.5 cm³/mol. The summed E-state index contributed by atoms with van der Waals surface area (Å²) in [6.45, 7) is 7.61. The maximum atomic E-state index is 12.3. The van der Waals surface area contributed by atoms with Gasteiger partial charge in [0.1, 0.15) is 11.4 Å². The van der Waals surface area contributed by atoms with Crippen molar-refractivity contribution in [2.75, 3.05) is 19.7 Å². The van der Waals surface area contributed by atoms with Gasteiger partial charge in [0.15, 0.2) is 0 Å². The summed E-state index contributed by atoms with van der Waals surface area (Å²) in [5.41, 5.74) is -0.0811. The van der Waals surface area contributed by atoms with E-state index in [1.54, 1.807) is 17.0 Å². The summed E-state index contributed by atoms with van der Waals surface area (Å²) in [5, 5.41) is 10.2. The van der Waals surface area contributed by atoms with Crippen molar-refractivity contribution in [1.29, 1.82) is 0 Å². The number of hydrogen-bond donors (Lipinski definition) is 1. The number of benzene rings is 1. The molecule has 1 N–H and O–H groups in total. The van der Waals surface area contributed by atoms with E-state index in [-0.39, 0.29) is 11.8 Å². The van der Waals surface area contributed by atoms with Crippen LogP contribution in [0, 0.1) is 5.92 Å². The van der Waals surface area contributed by atoms with Crippen LogP contribution in [0.2, 0.25) is 0 Å². The molecule has 1 aliphatic heterocycles. The highest BCUT2D eigenvalue weighted by atomic mass is 16.5. The zero-order valence-corrected chi connectivity index (χ0v) is 13.1. The average Bonchev–Trinajstić information content (AvgIpc) is 2.44. The van der Waals surface area contributed by atoms with Gasteiger partial charge in [0.25, 0.3) is 5.91 Å². The van der Waals surface area contributed by atoms with Gasteiger partial charge in [-0.25, -0.2) is 0 Å². The Balaban J connectivity index is 1.89. The highest BCUT2D eigenvalue weighted by Crippen LogP contribution is 2.29. The third-order valence-electron chi connectivity index (χ3n) is 4.16. The van der Waals surface area contributed by atoms with E-state index >= 15 is 0 Å². The maximum absolute atomic E-state index is 12.3. The normalized spacial score (nSPS) is 16.7. The van der Waals surface area contributed by atoms with Crippen LogP contribution < -0.4 is 4.74 Å². The molecule has 1 amide bonds. The fraction of sp³-hybridized carbons (Fsp3) is 0.588. The molecule has 116 valence electrons. The average molecular weight is 291 g/mol. The van der Waals surface area contributed by atoms with Crippen LogP contribution in [-0.4, -0.2) is 41.2 Å². The summed E-state index contributed by atoms with van der Waals surface area (Å²) in [5.74, 6) is 0.929. The first kappa shape index (κ1) is 15.8. The molecule has 4 nitrogen and oxygen atoms in total. The SMILES string of the molecule is CCCCOc1ccc(C(=O)N2CC(O)(C(C)C)C2)cc1. The molecule has 1 fully saturated rings. The zero-order chi connectivity index (χ0) is 15.5. The number of aliphatic hydroxyl groups is 1. The van der Waals surface area contributed by atoms with Gasteiger partial charge in [-0.3, -0.25) is 4.79 Å². The topological polar surface area (TPSA) is 49.8 Å². The van der Waals surface area contributed by atoms with E-state index in [0.29, 0.717) is 25.3 Å². The molecule has 0 atom stereocenters. The number of carbonyl (C=O) groups excluding carboxylic acids is 1. The number of hydrogen-bond acceptors (Lipinski definition) is 3. The Kier molecular flexibility index (Phi) is 4.88. The molecule has 0 saturated carbocycles. The molecule has 1 saturated heterocycles. The van der Waals surface area contributed by atoms with Gasteiger partial charge in [0.2, 0.25) is 0 Å². The summed E-state index contributed by atoms with van der Waals surface area (Å²) < 4.78 is 5.58. The number of β-amino-alcohol motifs (C(OH)–C–C–N with tert-alkyl or cyclic N) is 1. The first-order valence-corrected chi connectivity index (χ1v) is 7.71. The molecule has 1 aromatic carbocycles. The van der Waals surface area contributed by atoms with Gasteiger partial charge < -0.3 is 14.7 Å². The molecule has 2 rings (SSSR count). The standard InChI is InChI=1S/C17H25NO3/c1-4-5-10-21-15-8-6-14(7-9-15)16(19)18-11-17(20,12-18)13(2)3/h6-9,13,20H,4-5,10-12H2,1-3H3. The third-order valence-corrected chi connectivity index (χ3v) is 4.16. The Morgan fingerprint density at radius 1 is 1.33 bits per heavy atom. The van der Waals surface area contributed by atoms with E-state index in [2.05, 4.69) is 6.92 Å². The summed E-state index contributed by atoms with van der Waals surface area (Å²) in [6, 6.07) is 7.24. The Morgan fingerprint density at radius 2 is 1.95 bits per heavy atom. The minimum Gasteiger partial charge on any atom is -0.494 e. The van der Waals surface area contributed by atoms with Gasteiger partial charge >= 0.3 is 0 Å². The number of likely N-dealkylation sites (tertiary alicyclic amines) is 1.